The zero-order valence-corrected chi connectivity index (χ0v) is 12.9. The summed E-state index contributed by atoms with van der Waals surface area (Å²) < 4.78 is 1.79. The molecule has 3 N–H and O–H groups in total. The van der Waals surface area contributed by atoms with Crippen LogP contribution in [0.1, 0.15) is 5.56 Å². The monoisotopic (exact) mass is 304 g/mol. The number of hydrogen-bond donors (Lipinski definition) is 2. The average molecular weight is 304 g/mol. The van der Waals surface area contributed by atoms with Crippen LogP contribution in [-0.2, 0) is 7.05 Å². The van der Waals surface area contributed by atoms with Gasteiger partial charge in [0.25, 0.3) is 0 Å². The van der Waals surface area contributed by atoms with E-state index in [4.69, 9.17) is 5.73 Å². The lowest BCUT2D eigenvalue weighted by Crippen LogP contribution is -1.99. The third kappa shape index (κ3) is 2.24. The summed E-state index contributed by atoms with van der Waals surface area (Å²) in [6.45, 7) is 2.04. The van der Waals surface area contributed by atoms with E-state index < -0.39 is 0 Å². The van der Waals surface area contributed by atoms with Gasteiger partial charge in [-0.05, 0) is 24.6 Å². The lowest BCUT2D eigenvalue weighted by atomic mass is 10.1. The molecule has 0 aliphatic rings. The number of aromatic nitrogens is 4. The Labute approximate surface area is 133 Å². The number of anilines is 3. The highest BCUT2D eigenvalue weighted by Gasteiger charge is 2.08. The van der Waals surface area contributed by atoms with Crippen molar-refractivity contribution in [2.75, 3.05) is 11.1 Å². The van der Waals surface area contributed by atoms with Gasteiger partial charge in [0, 0.05) is 35.4 Å². The van der Waals surface area contributed by atoms with Crippen LogP contribution < -0.4 is 11.1 Å². The summed E-state index contributed by atoms with van der Waals surface area (Å²) in [5.74, 6) is 0.549. The highest BCUT2D eigenvalue weighted by Crippen LogP contribution is 2.27. The summed E-state index contributed by atoms with van der Waals surface area (Å²) in [6.07, 6.45) is 3.59. The molecule has 0 saturated heterocycles. The summed E-state index contributed by atoms with van der Waals surface area (Å²) >= 11 is 0. The lowest BCUT2D eigenvalue weighted by molar-refractivity contribution is 0.797. The molecule has 4 aromatic rings. The topological polar surface area (TPSA) is 81.6 Å². The number of nitrogens with zero attached hydrogens (tertiary/aromatic N) is 4. The smallest absolute Gasteiger partial charge is 0.227 e. The number of nitrogens with two attached hydrogens (primary N) is 1. The van der Waals surface area contributed by atoms with Crippen molar-refractivity contribution in [3.8, 4) is 0 Å². The number of rotatable bonds is 2. The highest BCUT2D eigenvalue weighted by atomic mass is 15.2. The predicted molar refractivity (Wildman–Crippen MR) is 92.7 cm³/mol. The van der Waals surface area contributed by atoms with Crippen LogP contribution in [0.3, 0.4) is 0 Å². The molecule has 4 rings (SSSR count). The van der Waals surface area contributed by atoms with Gasteiger partial charge in [-0.15, -0.1) is 0 Å². The largest absolute Gasteiger partial charge is 0.398 e. The van der Waals surface area contributed by atoms with Crippen LogP contribution >= 0.6 is 0 Å². The van der Waals surface area contributed by atoms with Crippen molar-refractivity contribution in [2.24, 2.45) is 7.05 Å². The summed E-state index contributed by atoms with van der Waals surface area (Å²) in [5.41, 5.74) is 10.6. The van der Waals surface area contributed by atoms with Gasteiger partial charge in [-0.2, -0.15) is 5.10 Å². The van der Waals surface area contributed by atoms with E-state index in [-0.39, 0.29) is 0 Å². The van der Waals surface area contributed by atoms with Gasteiger partial charge >= 0.3 is 0 Å². The first-order valence-electron chi connectivity index (χ1n) is 7.32. The molecule has 0 bridgehead atoms. The van der Waals surface area contributed by atoms with E-state index in [0.717, 1.165) is 33.1 Å². The van der Waals surface area contributed by atoms with Gasteiger partial charge < -0.3 is 11.1 Å². The molecule has 0 fully saturated rings. The maximum Gasteiger partial charge on any atom is 0.227 e. The number of benzene rings is 2. The fourth-order valence-corrected chi connectivity index (χ4v) is 2.74. The van der Waals surface area contributed by atoms with Crippen molar-refractivity contribution in [2.45, 2.75) is 6.92 Å². The maximum absolute atomic E-state index is 6.10. The molecule has 6 heteroatoms. The Morgan fingerprint density at radius 1 is 1.17 bits per heavy atom. The molecule has 0 spiro atoms. The quantitative estimate of drug-likeness (QED) is 0.556. The Morgan fingerprint density at radius 2 is 2.04 bits per heavy atom. The molecule has 6 nitrogen and oxygen atoms in total. The second kappa shape index (κ2) is 4.95. The highest BCUT2D eigenvalue weighted by molar-refractivity contribution is 5.94. The molecule has 114 valence electrons. The Bertz CT molecular complexity index is 1030. The minimum Gasteiger partial charge on any atom is -0.398 e. The van der Waals surface area contributed by atoms with Crippen molar-refractivity contribution in [1.29, 1.82) is 0 Å². The number of fused-ring (bicyclic) bond motifs is 2. The Morgan fingerprint density at radius 3 is 2.91 bits per heavy atom. The number of aryl methyl sites for hydroxylation is 2. The van der Waals surface area contributed by atoms with Gasteiger partial charge in [-0.3, -0.25) is 4.68 Å². The zero-order valence-electron chi connectivity index (χ0n) is 12.9. The second-order valence-electron chi connectivity index (χ2n) is 5.60. The fourth-order valence-electron chi connectivity index (χ4n) is 2.74. The van der Waals surface area contributed by atoms with E-state index in [1.54, 1.807) is 10.9 Å². The molecular formula is C17H16N6. The van der Waals surface area contributed by atoms with E-state index >= 15 is 0 Å². The van der Waals surface area contributed by atoms with Crippen LogP contribution in [0.5, 0.6) is 0 Å². The first-order chi connectivity index (χ1) is 11.1. The second-order valence-corrected chi connectivity index (χ2v) is 5.60. The van der Waals surface area contributed by atoms with Gasteiger partial charge in [0.2, 0.25) is 5.95 Å². The number of hydrogen-bond acceptors (Lipinski definition) is 5. The molecule has 2 aromatic carbocycles. The first-order valence-corrected chi connectivity index (χ1v) is 7.32. The van der Waals surface area contributed by atoms with E-state index in [9.17, 15) is 0 Å². The maximum atomic E-state index is 6.10. The molecule has 2 heterocycles. The SMILES string of the molecule is Cc1cccc2cnc(Nc3cc(N)c4cnn(C)c4c3)nc12. The zero-order chi connectivity index (χ0) is 16.0. The summed E-state index contributed by atoms with van der Waals surface area (Å²) in [5, 5.41) is 9.43. The molecule has 2 aromatic heterocycles. The first kappa shape index (κ1) is 13.5. The van der Waals surface area contributed by atoms with E-state index in [1.165, 1.54) is 0 Å². The molecule has 0 radical (unpaired) electrons. The fraction of sp³-hybridized carbons (Fsp3) is 0.118. The Kier molecular flexibility index (Phi) is 2.90. The summed E-state index contributed by atoms with van der Waals surface area (Å²) in [4.78, 5) is 8.98. The molecule has 0 amide bonds. The average Bonchev–Trinajstić information content (AvgIpc) is 2.90. The molecule has 23 heavy (non-hydrogen) atoms. The molecule has 0 saturated carbocycles. The Balaban J connectivity index is 1.78. The van der Waals surface area contributed by atoms with Gasteiger partial charge in [0.15, 0.2) is 0 Å². The van der Waals surface area contributed by atoms with E-state index in [1.807, 2.05) is 50.5 Å². The van der Waals surface area contributed by atoms with Crippen molar-refractivity contribution in [3.63, 3.8) is 0 Å². The van der Waals surface area contributed by atoms with Gasteiger partial charge in [0.1, 0.15) is 0 Å². The van der Waals surface area contributed by atoms with Crippen LogP contribution in [0.4, 0.5) is 17.3 Å². The van der Waals surface area contributed by atoms with Crippen LogP contribution in [0.2, 0.25) is 0 Å². The van der Waals surface area contributed by atoms with Crippen molar-refractivity contribution >= 4 is 39.1 Å². The summed E-state index contributed by atoms with van der Waals surface area (Å²) in [6, 6.07) is 9.91. The van der Waals surface area contributed by atoms with E-state index in [0.29, 0.717) is 11.6 Å². The third-order valence-electron chi connectivity index (χ3n) is 3.97. The van der Waals surface area contributed by atoms with Gasteiger partial charge in [-0.1, -0.05) is 18.2 Å². The minimum atomic E-state index is 0.549. The van der Waals surface area contributed by atoms with Crippen molar-refractivity contribution in [3.05, 3.63) is 48.3 Å². The predicted octanol–water partition coefficient (Wildman–Crippen LogP) is 3.15. The minimum absolute atomic E-state index is 0.549. The molecular weight excluding hydrogens is 288 g/mol. The van der Waals surface area contributed by atoms with Crippen LogP contribution in [0.25, 0.3) is 21.8 Å². The van der Waals surface area contributed by atoms with Crippen molar-refractivity contribution < 1.29 is 0 Å². The number of nitrogens with one attached hydrogen (secondary N) is 1. The van der Waals surface area contributed by atoms with E-state index in [2.05, 4.69) is 20.4 Å². The van der Waals surface area contributed by atoms with Crippen LogP contribution in [0.15, 0.2) is 42.7 Å². The number of nitrogen functional groups attached to an aromatic ring is 1. The Hall–Kier alpha value is -3.15. The third-order valence-corrected chi connectivity index (χ3v) is 3.97. The standard InChI is InChI=1S/C17H16N6/c1-10-4-3-5-11-8-19-17(22-16(10)11)21-12-6-14(18)13-9-20-23(2)15(13)7-12/h3-9H,18H2,1-2H3,(H,19,21,22). The van der Waals surface area contributed by atoms with Crippen LogP contribution in [0, 0.1) is 6.92 Å². The summed E-state index contributed by atoms with van der Waals surface area (Å²) in [7, 11) is 1.89. The van der Waals surface area contributed by atoms with Gasteiger partial charge in [-0.25, -0.2) is 9.97 Å². The normalized spacial score (nSPS) is 11.2. The van der Waals surface area contributed by atoms with Gasteiger partial charge in [0.05, 0.1) is 17.2 Å². The molecule has 0 atom stereocenters. The molecule has 0 unspecified atom stereocenters. The van der Waals surface area contributed by atoms with Crippen LogP contribution in [-0.4, -0.2) is 19.7 Å². The molecule has 0 aliphatic carbocycles. The number of para-hydroxylation sites is 1. The lowest BCUT2D eigenvalue weighted by Gasteiger charge is -2.08. The molecule has 0 aliphatic heterocycles. The van der Waals surface area contributed by atoms with Crippen molar-refractivity contribution in [1.82, 2.24) is 19.7 Å².